The molecule has 0 spiro atoms. The van der Waals surface area contributed by atoms with Crippen LogP contribution in [0.5, 0.6) is 0 Å². The largest absolute Gasteiger partial charge is 0.305 e. The summed E-state index contributed by atoms with van der Waals surface area (Å²) in [5.74, 6) is 0. The second kappa shape index (κ2) is 9.13. The van der Waals surface area contributed by atoms with Crippen LogP contribution >= 0.6 is 0 Å². The molecule has 0 fully saturated rings. The van der Waals surface area contributed by atoms with Gasteiger partial charge < -0.3 is 4.98 Å². The number of nitrogens with zero attached hydrogens (tertiary/aromatic N) is 3. The second-order valence-corrected chi connectivity index (χ2v) is 5.71. The first-order valence-corrected chi connectivity index (χ1v) is 8.38. The Kier molecular flexibility index (Phi) is 6.37. The maximum Gasteiger partial charge on any atom is 0.0964 e. The van der Waals surface area contributed by atoms with Crippen LogP contribution in [0.1, 0.15) is 0 Å². The number of hydrogen-bond acceptors (Lipinski definition) is 3. The van der Waals surface area contributed by atoms with Crippen molar-refractivity contribution in [2.24, 2.45) is 0 Å². The molecule has 0 amide bonds. The van der Waals surface area contributed by atoms with E-state index in [1.54, 1.807) is 18.6 Å². The Bertz CT molecular complexity index is 1040. The van der Waals surface area contributed by atoms with Gasteiger partial charge in [0.25, 0.3) is 0 Å². The summed E-state index contributed by atoms with van der Waals surface area (Å²) in [5.41, 5.74) is 3.97. The van der Waals surface area contributed by atoms with Gasteiger partial charge in [0.2, 0.25) is 0 Å². The smallest absolute Gasteiger partial charge is 0.0964 e. The van der Waals surface area contributed by atoms with E-state index in [0.717, 1.165) is 33.1 Å². The third-order valence-corrected chi connectivity index (χ3v) is 3.99. The monoisotopic (exact) mass is 527 g/mol. The zero-order valence-electron chi connectivity index (χ0n) is 14.4. The van der Waals surface area contributed by atoms with Crippen LogP contribution in [0, 0.1) is 6.07 Å². The quantitative estimate of drug-likeness (QED) is 0.219. The van der Waals surface area contributed by atoms with Crippen LogP contribution in [0.4, 0.5) is 0 Å². The molecule has 0 unspecified atom stereocenters. The summed E-state index contributed by atoms with van der Waals surface area (Å²) in [6.07, 6.45) is 5.39. The maximum absolute atomic E-state index is 4.35. The van der Waals surface area contributed by atoms with Crippen LogP contribution in [-0.4, -0.2) is 15.0 Å². The van der Waals surface area contributed by atoms with Crippen LogP contribution in [0.15, 0.2) is 97.5 Å². The average molecular weight is 527 g/mol. The fraction of sp³-hybridized carbons (Fsp3) is 0. The molecule has 3 aromatic heterocycles. The predicted octanol–water partition coefficient (Wildman–Crippen LogP) is 5.33. The van der Waals surface area contributed by atoms with Gasteiger partial charge >= 0.3 is 0 Å². The van der Waals surface area contributed by atoms with Crippen molar-refractivity contribution in [3.05, 3.63) is 104 Å². The van der Waals surface area contributed by atoms with Crippen molar-refractivity contribution in [2.45, 2.75) is 0 Å². The molecular weight excluding hydrogens is 510 g/mol. The molecule has 3 heterocycles. The summed E-state index contributed by atoms with van der Waals surface area (Å²) in [5, 5.41) is 2.28. The van der Waals surface area contributed by atoms with Gasteiger partial charge in [-0.2, -0.15) is 0 Å². The molecule has 0 saturated carbocycles. The number of benzene rings is 2. The third-order valence-electron chi connectivity index (χ3n) is 3.99. The minimum atomic E-state index is 0. The standard InChI is InChI=1S/C12H8N2.C11H8N.Ir/c1-3-9-5-6-10-4-2-8-14-12(10)11(9)13-7-1;1-2-6-10(7-3-1)11-8-4-5-9-12-11;/h1-8H;1-6,8-9H;/q;-1;. The summed E-state index contributed by atoms with van der Waals surface area (Å²) >= 11 is 0. The summed E-state index contributed by atoms with van der Waals surface area (Å²) in [6, 6.07) is 29.0. The van der Waals surface area contributed by atoms with E-state index in [-0.39, 0.29) is 20.1 Å². The first-order chi connectivity index (χ1) is 12.9. The zero-order valence-corrected chi connectivity index (χ0v) is 16.8. The molecule has 0 atom stereocenters. The van der Waals surface area contributed by atoms with E-state index in [2.05, 4.69) is 45.3 Å². The molecule has 0 bridgehead atoms. The number of pyridine rings is 3. The Balaban J connectivity index is 0.000000152. The van der Waals surface area contributed by atoms with Gasteiger partial charge in [-0.1, -0.05) is 36.4 Å². The van der Waals surface area contributed by atoms with Crippen molar-refractivity contribution in [1.29, 1.82) is 0 Å². The van der Waals surface area contributed by atoms with Crippen molar-refractivity contribution < 1.29 is 20.1 Å². The minimum Gasteiger partial charge on any atom is -0.305 e. The molecule has 0 saturated heterocycles. The Hall–Kier alpha value is -2.94. The molecule has 2 aromatic carbocycles. The van der Waals surface area contributed by atoms with Gasteiger partial charge in [-0.3, -0.25) is 9.97 Å². The summed E-state index contributed by atoms with van der Waals surface area (Å²) in [6.45, 7) is 0. The van der Waals surface area contributed by atoms with Gasteiger partial charge in [-0.25, -0.2) is 0 Å². The van der Waals surface area contributed by atoms with Crippen LogP contribution in [0.25, 0.3) is 33.1 Å². The molecule has 27 heavy (non-hydrogen) atoms. The van der Waals surface area contributed by atoms with Crippen LogP contribution in [0.3, 0.4) is 0 Å². The summed E-state index contributed by atoms with van der Waals surface area (Å²) in [7, 11) is 0. The third kappa shape index (κ3) is 4.43. The van der Waals surface area contributed by atoms with Crippen molar-refractivity contribution in [1.82, 2.24) is 15.0 Å². The van der Waals surface area contributed by atoms with Crippen LogP contribution in [0.2, 0.25) is 0 Å². The van der Waals surface area contributed by atoms with E-state index in [1.165, 1.54) is 0 Å². The van der Waals surface area contributed by atoms with Gasteiger partial charge in [0.15, 0.2) is 0 Å². The first-order valence-electron chi connectivity index (χ1n) is 8.38. The molecule has 5 aromatic rings. The van der Waals surface area contributed by atoms with Gasteiger partial charge in [0.05, 0.1) is 11.0 Å². The molecule has 0 N–H and O–H groups in total. The molecule has 0 aliphatic carbocycles. The molecule has 3 nitrogen and oxygen atoms in total. The first kappa shape index (κ1) is 18.8. The summed E-state index contributed by atoms with van der Waals surface area (Å²) < 4.78 is 0. The van der Waals surface area contributed by atoms with Gasteiger partial charge in [-0.05, 0) is 23.9 Å². The van der Waals surface area contributed by atoms with Gasteiger partial charge in [-0.15, -0.1) is 35.9 Å². The van der Waals surface area contributed by atoms with E-state index >= 15 is 0 Å². The molecule has 0 aliphatic heterocycles. The Morgan fingerprint density at radius 2 is 1.19 bits per heavy atom. The molecular formula is C23H16IrN3-. The zero-order chi connectivity index (χ0) is 17.6. The number of rotatable bonds is 1. The Labute approximate surface area is 171 Å². The molecule has 133 valence electrons. The fourth-order valence-corrected chi connectivity index (χ4v) is 2.75. The predicted molar refractivity (Wildman–Crippen MR) is 106 cm³/mol. The maximum atomic E-state index is 4.35. The molecule has 4 heteroatoms. The summed E-state index contributed by atoms with van der Waals surface area (Å²) in [4.78, 5) is 12.9. The number of fused-ring (bicyclic) bond motifs is 3. The minimum absolute atomic E-state index is 0. The molecule has 5 rings (SSSR count). The topological polar surface area (TPSA) is 38.7 Å². The number of aromatic nitrogens is 3. The van der Waals surface area contributed by atoms with E-state index in [9.17, 15) is 0 Å². The van der Waals surface area contributed by atoms with Crippen molar-refractivity contribution >= 4 is 21.8 Å². The van der Waals surface area contributed by atoms with E-state index in [4.69, 9.17) is 0 Å². The number of hydrogen-bond donors (Lipinski definition) is 0. The molecule has 1 radical (unpaired) electrons. The van der Waals surface area contributed by atoms with Crippen molar-refractivity contribution in [3.8, 4) is 11.3 Å². The average Bonchev–Trinajstić information content (AvgIpc) is 2.75. The van der Waals surface area contributed by atoms with Crippen LogP contribution in [-0.2, 0) is 20.1 Å². The van der Waals surface area contributed by atoms with E-state index in [1.807, 2.05) is 54.6 Å². The van der Waals surface area contributed by atoms with Gasteiger partial charge in [0, 0.05) is 49.5 Å². The van der Waals surface area contributed by atoms with Crippen LogP contribution < -0.4 is 0 Å². The Morgan fingerprint density at radius 3 is 1.74 bits per heavy atom. The van der Waals surface area contributed by atoms with Crippen molar-refractivity contribution in [3.63, 3.8) is 0 Å². The van der Waals surface area contributed by atoms with E-state index in [0.29, 0.717) is 0 Å². The second-order valence-electron chi connectivity index (χ2n) is 5.71. The van der Waals surface area contributed by atoms with E-state index < -0.39 is 0 Å². The van der Waals surface area contributed by atoms with Crippen molar-refractivity contribution in [2.75, 3.05) is 0 Å². The normalized spacial score (nSPS) is 9.93. The fourth-order valence-electron chi connectivity index (χ4n) is 2.75. The van der Waals surface area contributed by atoms with Gasteiger partial charge in [0.1, 0.15) is 0 Å². The Morgan fingerprint density at radius 1 is 0.556 bits per heavy atom. The SMILES string of the molecule is [Ir].[c-]1ccccc1-c1ccccn1.c1cnc2c(c1)ccc1cccnc12. The molecule has 0 aliphatic rings.